The number of carbonyl (C=O) groups excluding carboxylic acids is 1. The van der Waals surface area contributed by atoms with Gasteiger partial charge in [-0.3, -0.25) is 9.59 Å². The number of hydrogen-bond donors (Lipinski definition) is 2. The fraction of sp³-hybridized carbons (Fsp3) is 0.300. The summed E-state index contributed by atoms with van der Waals surface area (Å²) in [5, 5.41) is 14.0. The van der Waals surface area contributed by atoms with Crippen molar-refractivity contribution in [3.8, 4) is 11.6 Å². The molecule has 1 atom stereocenters. The minimum Gasteiger partial charge on any atom is -0.496 e. The summed E-state index contributed by atoms with van der Waals surface area (Å²) in [6.45, 7) is 3.74. The molecule has 2 N–H and O–H groups in total. The smallest absolute Gasteiger partial charge is 0.264 e. The van der Waals surface area contributed by atoms with Crippen molar-refractivity contribution in [2.45, 2.75) is 13.0 Å². The van der Waals surface area contributed by atoms with Gasteiger partial charge in [-0.1, -0.05) is 18.2 Å². The van der Waals surface area contributed by atoms with E-state index in [-0.39, 0.29) is 17.5 Å². The molecule has 3 heterocycles. The molecular weight excluding hydrogens is 372 g/mol. The van der Waals surface area contributed by atoms with Crippen LogP contribution in [0, 0.1) is 6.92 Å². The van der Waals surface area contributed by atoms with Crippen LogP contribution in [0.25, 0.3) is 5.82 Å². The van der Waals surface area contributed by atoms with E-state index >= 15 is 0 Å². The zero-order valence-corrected chi connectivity index (χ0v) is 16.3. The molecule has 1 saturated heterocycles. The highest BCUT2D eigenvalue weighted by Gasteiger charge is 2.32. The Kier molecular flexibility index (Phi) is 5.13. The van der Waals surface area contributed by atoms with Gasteiger partial charge in [0.25, 0.3) is 11.5 Å². The van der Waals surface area contributed by atoms with E-state index in [2.05, 4.69) is 20.6 Å². The Bertz CT molecular complexity index is 1070. The molecule has 1 aliphatic rings. The van der Waals surface area contributed by atoms with Crippen LogP contribution in [0.3, 0.4) is 0 Å². The van der Waals surface area contributed by atoms with E-state index in [1.54, 1.807) is 24.1 Å². The fourth-order valence-corrected chi connectivity index (χ4v) is 3.63. The number of carbonyl (C=O) groups is 1. The summed E-state index contributed by atoms with van der Waals surface area (Å²) in [5.41, 5.74) is 1.82. The van der Waals surface area contributed by atoms with Crippen molar-refractivity contribution in [1.29, 1.82) is 0 Å². The summed E-state index contributed by atoms with van der Waals surface area (Å²) in [6, 6.07) is 10.5. The van der Waals surface area contributed by atoms with Crippen LogP contribution in [0.15, 0.2) is 47.4 Å². The standard InChI is InChI=1S/C20H22N6O3/c1-13-15(11-22-26(13)18-7-8-19(27)24-23-18)20(28)25-10-9-21-12-16(25)14-5-3-4-6-17(14)29-2/h3-8,11,16,21H,9-10,12H2,1-2H3,(H,24,27). The number of para-hydroxylation sites is 1. The van der Waals surface area contributed by atoms with Gasteiger partial charge in [-0.25, -0.2) is 9.78 Å². The van der Waals surface area contributed by atoms with Gasteiger partial charge >= 0.3 is 0 Å². The number of hydrogen-bond acceptors (Lipinski definition) is 6. The SMILES string of the molecule is COc1ccccc1C1CNCCN1C(=O)c1cnn(-c2ccc(=O)[nH]n2)c1C. The lowest BCUT2D eigenvalue weighted by molar-refractivity contribution is 0.0631. The first-order chi connectivity index (χ1) is 14.1. The van der Waals surface area contributed by atoms with Gasteiger partial charge in [-0.2, -0.15) is 10.2 Å². The number of aromatic amines is 1. The normalized spacial score (nSPS) is 16.6. The second-order valence-corrected chi connectivity index (χ2v) is 6.80. The van der Waals surface area contributed by atoms with Gasteiger partial charge in [0.1, 0.15) is 5.75 Å². The van der Waals surface area contributed by atoms with Crippen LogP contribution in [0.2, 0.25) is 0 Å². The predicted molar refractivity (Wildman–Crippen MR) is 106 cm³/mol. The highest BCUT2D eigenvalue weighted by molar-refractivity contribution is 5.95. The van der Waals surface area contributed by atoms with Gasteiger partial charge in [0.2, 0.25) is 0 Å². The average Bonchev–Trinajstić information content (AvgIpc) is 3.15. The Hall–Kier alpha value is -3.46. The molecular formula is C20H22N6O3. The number of piperazine rings is 1. The van der Waals surface area contributed by atoms with E-state index in [0.717, 1.165) is 11.3 Å². The number of nitrogens with one attached hydrogen (secondary N) is 2. The second-order valence-electron chi connectivity index (χ2n) is 6.80. The highest BCUT2D eigenvalue weighted by Crippen LogP contribution is 2.31. The third-order valence-corrected chi connectivity index (χ3v) is 5.12. The molecule has 0 radical (unpaired) electrons. The number of H-pyrrole nitrogens is 1. The molecule has 1 fully saturated rings. The molecule has 9 heteroatoms. The van der Waals surface area contributed by atoms with E-state index in [9.17, 15) is 9.59 Å². The maximum absolute atomic E-state index is 13.4. The second kappa shape index (κ2) is 7.88. The lowest BCUT2D eigenvalue weighted by Gasteiger charge is -2.37. The summed E-state index contributed by atoms with van der Waals surface area (Å²) >= 11 is 0. The van der Waals surface area contributed by atoms with Crippen LogP contribution in [0.5, 0.6) is 5.75 Å². The first-order valence-corrected chi connectivity index (χ1v) is 9.35. The number of benzene rings is 1. The zero-order valence-electron chi connectivity index (χ0n) is 16.3. The van der Waals surface area contributed by atoms with Crippen molar-refractivity contribution in [2.24, 2.45) is 0 Å². The van der Waals surface area contributed by atoms with Crippen molar-refractivity contribution in [3.05, 3.63) is 69.8 Å². The van der Waals surface area contributed by atoms with Crippen molar-refractivity contribution < 1.29 is 9.53 Å². The predicted octanol–water partition coefficient (Wildman–Crippen LogP) is 1.06. The molecule has 0 bridgehead atoms. The molecule has 29 heavy (non-hydrogen) atoms. The monoisotopic (exact) mass is 394 g/mol. The van der Waals surface area contributed by atoms with Gasteiger partial charge in [-0.15, -0.1) is 0 Å². The van der Waals surface area contributed by atoms with Gasteiger partial charge in [-0.05, 0) is 19.1 Å². The lowest BCUT2D eigenvalue weighted by Crippen LogP contribution is -2.48. The molecule has 9 nitrogen and oxygen atoms in total. The molecule has 150 valence electrons. The van der Waals surface area contributed by atoms with E-state index in [0.29, 0.717) is 36.7 Å². The number of rotatable bonds is 4. The van der Waals surface area contributed by atoms with Crippen LogP contribution >= 0.6 is 0 Å². The number of aromatic nitrogens is 4. The molecule has 0 saturated carbocycles. The largest absolute Gasteiger partial charge is 0.496 e. The average molecular weight is 394 g/mol. The molecule has 2 aromatic heterocycles. The first-order valence-electron chi connectivity index (χ1n) is 9.35. The number of amides is 1. The Morgan fingerprint density at radius 3 is 2.83 bits per heavy atom. The number of ether oxygens (including phenoxy) is 1. The summed E-state index contributed by atoms with van der Waals surface area (Å²) in [7, 11) is 1.63. The van der Waals surface area contributed by atoms with Crippen LogP contribution in [-0.2, 0) is 0 Å². The molecule has 0 spiro atoms. The molecule has 4 rings (SSSR count). The Labute approximate surface area is 167 Å². The topological polar surface area (TPSA) is 105 Å². The van der Waals surface area contributed by atoms with E-state index in [4.69, 9.17) is 4.74 Å². The van der Waals surface area contributed by atoms with Crippen LogP contribution < -0.4 is 15.6 Å². The fourth-order valence-electron chi connectivity index (χ4n) is 3.63. The quantitative estimate of drug-likeness (QED) is 0.686. The van der Waals surface area contributed by atoms with Crippen LogP contribution in [0.4, 0.5) is 0 Å². The zero-order chi connectivity index (χ0) is 20.4. The third-order valence-electron chi connectivity index (χ3n) is 5.12. The maximum atomic E-state index is 13.4. The molecule has 1 aliphatic heterocycles. The van der Waals surface area contributed by atoms with Gasteiger partial charge in [0.05, 0.1) is 30.6 Å². The molecule has 1 amide bonds. The lowest BCUT2D eigenvalue weighted by atomic mass is 10.0. The van der Waals surface area contributed by atoms with Gasteiger partial charge in [0.15, 0.2) is 5.82 Å². The minimum absolute atomic E-state index is 0.101. The van der Waals surface area contributed by atoms with Crippen LogP contribution in [-0.4, -0.2) is 57.5 Å². The van der Waals surface area contributed by atoms with Gasteiger partial charge < -0.3 is 15.0 Å². The van der Waals surface area contributed by atoms with Gasteiger partial charge in [0, 0.05) is 31.3 Å². The molecule has 3 aromatic rings. The van der Waals surface area contributed by atoms with Crippen molar-refractivity contribution in [1.82, 2.24) is 30.2 Å². The first kappa shape index (κ1) is 18.9. The Morgan fingerprint density at radius 2 is 2.07 bits per heavy atom. The van der Waals surface area contributed by atoms with E-state index in [1.807, 2.05) is 36.1 Å². The van der Waals surface area contributed by atoms with Crippen molar-refractivity contribution in [3.63, 3.8) is 0 Å². The van der Waals surface area contributed by atoms with E-state index in [1.165, 1.54) is 6.07 Å². The summed E-state index contributed by atoms with van der Waals surface area (Å²) in [4.78, 5) is 26.5. The molecule has 1 unspecified atom stereocenters. The number of nitrogens with zero attached hydrogens (tertiary/aromatic N) is 4. The summed E-state index contributed by atoms with van der Waals surface area (Å²) in [6.07, 6.45) is 1.55. The highest BCUT2D eigenvalue weighted by atomic mass is 16.5. The Balaban J connectivity index is 1.67. The summed E-state index contributed by atoms with van der Waals surface area (Å²) in [5.74, 6) is 1.10. The molecule has 0 aliphatic carbocycles. The van der Waals surface area contributed by atoms with E-state index < -0.39 is 0 Å². The summed E-state index contributed by atoms with van der Waals surface area (Å²) < 4.78 is 7.05. The molecule has 1 aromatic carbocycles. The third kappa shape index (κ3) is 3.52. The number of methoxy groups -OCH3 is 1. The Morgan fingerprint density at radius 1 is 1.24 bits per heavy atom. The van der Waals surface area contributed by atoms with Crippen molar-refractivity contribution >= 4 is 5.91 Å². The van der Waals surface area contributed by atoms with Crippen LogP contribution in [0.1, 0.15) is 27.7 Å². The van der Waals surface area contributed by atoms with Crippen molar-refractivity contribution in [2.75, 3.05) is 26.7 Å². The maximum Gasteiger partial charge on any atom is 0.264 e. The minimum atomic E-state index is -0.296.